The monoisotopic (exact) mass is 403 g/mol. The Balaban J connectivity index is 1.90. The summed E-state index contributed by atoms with van der Waals surface area (Å²) in [5.41, 5.74) is 1.40. The van der Waals surface area contributed by atoms with Gasteiger partial charge in [-0.1, -0.05) is 36.4 Å². The highest BCUT2D eigenvalue weighted by Gasteiger charge is 2.33. The molecule has 3 rings (SSSR count). The van der Waals surface area contributed by atoms with Gasteiger partial charge in [0.05, 0.1) is 27.7 Å². The Morgan fingerprint density at radius 3 is 2.36 bits per heavy atom. The summed E-state index contributed by atoms with van der Waals surface area (Å²) in [5, 5.41) is 13.9. The molecule has 1 amide bonds. The molecule has 1 unspecified atom stereocenters. The fraction of sp³-hybridized carbons (Fsp3) is 0.316. The van der Waals surface area contributed by atoms with Crippen LogP contribution in [0.25, 0.3) is 0 Å². The van der Waals surface area contributed by atoms with Crippen LogP contribution in [-0.2, 0) is 14.6 Å². The summed E-state index contributed by atoms with van der Waals surface area (Å²) in [6, 6.07) is 12.9. The number of nitro groups is 1. The van der Waals surface area contributed by atoms with E-state index in [0.717, 1.165) is 5.56 Å². The minimum absolute atomic E-state index is 0.000546. The lowest BCUT2D eigenvalue weighted by Gasteiger charge is -2.33. The molecule has 8 nitrogen and oxygen atoms in total. The number of amides is 1. The van der Waals surface area contributed by atoms with Gasteiger partial charge < -0.3 is 5.32 Å². The molecule has 2 aromatic carbocycles. The summed E-state index contributed by atoms with van der Waals surface area (Å²) in [5.74, 6) is -0.354. The molecule has 0 saturated carbocycles. The van der Waals surface area contributed by atoms with Crippen molar-refractivity contribution in [2.45, 2.75) is 13.0 Å². The molecule has 148 valence electrons. The van der Waals surface area contributed by atoms with E-state index in [2.05, 4.69) is 5.32 Å². The van der Waals surface area contributed by atoms with Crippen molar-refractivity contribution in [1.29, 1.82) is 0 Å². The molecule has 1 atom stereocenters. The van der Waals surface area contributed by atoms with Crippen molar-refractivity contribution in [3.05, 3.63) is 69.8 Å². The number of nitro benzene ring substituents is 1. The average molecular weight is 403 g/mol. The molecule has 1 aliphatic rings. The van der Waals surface area contributed by atoms with Crippen molar-refractivity contribution in [3.63, 3.8) is 0 Å². The molecule has 1 N–H and O–H groups in total. The second-order valence-corrected chi connectivity index (χ2v) is 9.00. The van der Waals surface area contributed by atoms with Crippen LogP contribution in [0.5, 0.6) is 0 Å². The van der Waals surface area contributed by atoms with Crippen molar-refractivity contribution >= 4 is 27.1 Å². The summed E-state index contributed by atoms with van der Waals surface area (Å²) >= 11 is 0. The van der Waals surface area contributed by atoms with Gasteiger partial charge in [0.25, 0.3) is 5.69 Å². The van der Waals surface area contributed by atoms with Crippen LogP contribution in [0, 0.1) is 17.0 Å². The zero-order chi connectivity index (χ0) is 20.3. The first-order valence-electron chi connectivity index (χ1n) is 8.83. The van der Waals surface area contributed by atoms with Gasteiger partial charge >= 0.3 is 0 Å². The van der Waals surface area contributed by atoms with E-state index >= 15 is 0 Å². The van der Waals surface area contributed by atoms with Crippen LogP contribution in [-0.4, -0.2) is 48.7 Å². The lowest BCUT2D eigenvalue weighted by molar-refractivity contribution is -0.385. The Hall–Kier alpha value is -2.78. The predicted molar refractivity (Wildman–Crippen MR) is 106 cm³/mol. The Labute approximate surface area is 163 Å². The van der Waals surface area contributed by atoms with Crippen LogP contribution in [0.1, 0.15) is 17.2 Å². The Kier molecular flexibility index (Phi) is 5.76. The minimum atomic E-state index is -3.09. The van der Waals surface area contributed by atoms with Crippen LogP contribution in [0.2, 0.25) is 0 Å². The fourth-order valence-corrected chi connectivity index (χ4v) is 4.54. The third-order valence-electron chi connectivity index (χ3n) is 4.87. The number of carbonyl (C=O) groups excluding carboxylic acids is 1. The zero-order valence-corrected chi connectivity index (χ0v) is 16.2. The molecule has 0 aromatic heterocycles. The van der Waals surface area contributed by atoms with E-state index in [4.69, 9.17) is 0 Å². The number of nitrogens with one attached hydrogen (secondary N) is 1. The smallest absolute Gasteiger partial charge is 0.274 e. The van der Waals surface area contributed by atoms with Crippen molar-refractivity contribution in [3.8, 4) is 0 Å². The number of nitrogens with zero attached hydrogens (tertiary/aromatic N) is 2. The number of sulfone groups is 1. The topological polar surface area (TPSA) is 110 Å². The molecule has 2 aromatic rings. The Morgan fingerprint density at radius 2 is 1.75 bits per heavy atom. The van der Waals surface area contributed by atoms with Gasteiger partial charge in [0.2, 0.25) is 5.91 Å². The van der Waals surface area contributed by atoms with Crippen LogP contribution in [0.15, 0.2) is 48.5 Å². The van der Waals surface area contributed by atoms with Crippen LogP contribution in [0.4, 0.5) is 11.4 Å². The number of rotatable bonds is 5. The molecule has 0 bridgehead atoms. The molecule has 1 saturated heterocycles. The maximum atomic E-state index is 13.1. The van der Waals surface area contributed by atoms with Crippen LogP contribution < -0.4 is 5.32 Å². The molecule has 9 heteroatoms. The number of carbonyl (C=O) groups is 1. The van der Waals surface area contributed by atoms with Crippen LogP contribution >= 0.6 is 0 Å². The first kappa shape index (κ1) is 20.0. The highest BCUT2D eigenvalue weighted by atomic mass is 32.2. The summed E-state index contributed by atoms with van der Waals surface area (Å²) in [6.07, 6.45) is 0. The predicted octanol–water partition coefficient (Wildman–Crippen LogP) is 2.31. The molecular weight excluding hydrogens is 382 g/mol. The molecule has 0 aliphatic carbocycles. The number of hydrogen-bond acceptors (Lipinski definition) is 6. The summed E-state index contributed by atoms with van der Waals surface area (Å²) < 4.78 is 23.5. The largest absolute Gasteiger partial charge is 0.324 e. The van der Waals surface area contributed by atoms with Gasteiger partial charge in [0.15, 0.2) is 9.84 Å². The molecule has 1 aliphatic heterocycles. The maximum Gasteiger partial charge on any atom is 0.274 e. The summed E-state index contributed by atoms with van der Waals surface area (Å²) in [7, 11) is -3.09. The zero-order valence-electron chi connectivity index (χ0n) is 15.4. The first-order chi connectivity index (χ1) is 13.3. The maximum absolute atomic E-state index is 13.1. The van der Waals surface area contributed by atoms with Crippen molar-refractivity contribution in [2.24, 2.45) is 0 Å². The second-order valence-electron chi connectivity index (χ2n) is 6.70. The highest BCUT2D eigenvalue weighted by molar-refractivity contribution is 7.91. The average Bonchev–Trinajstić information content (AvgIpc) is 2.65. The van der Waals surface area contributed by atoms with E-state index in [0.29, 0.717) is 11.3 Å². The van der Waals surface area contributed by atoms with Crippen molar-refractivity contribution in [1.82, 2.24) is 4.90 Å². The quantitative estimate of drug-likeness (QED) is 0.606. The standard InChI is InChI=1S/C19H21N3O5S/c1-14-16(8-5-9-17(14)22(24)25)20-19(23)18(15-6-3-2-4-7-15)21-10-12-28(26,27)13-11-21/h2-9,18H,10-13H2,1H3,(H,20,23). The SMILES string of the molecule is Cc1c(NC(=O)C(c2ccccc2)N2CCS(=O)(=O)CC2)cccc1[N+](=O)[O-]. The lowest BCUT2D eigenvalue weighted by Crippen LogP contribution is -2.46. The van der Waals surface area contributed by atoms with Gasteiger partial charge in [-0.2, -0.15) is 0 Å². The van der Waals surface area contributed by atoms with Gasteiger partial charge in [-0.25, -0.2) is 8.42 Å². The van der Waals surface area contributed by atoms with E-state index in [1.807, 2.05) is 35.2 Å². The Morgan fingerprint density at radius 1 is 1.11 bits per heavy atom. The van der Waals surface area contributed by atoms with Gasteiger partial charge in [-0.15, -0.1) is 0 Å². The number of benzene rings is 2. The van der Waals surface area contributed by atoms with Gasteiger partial charge in [0, 0.05) is 19.2 Å². The third kappa shape index (κ3) is 4.37. The van der Waals surface area contributed by atoms with E-state index in [-0.39, 0.29) is 36.2 Å². The van der Waals surface area contributed by atoms with Gasteiger partial charge in [-0.3, -0.25) is 19.8 Å². The fourth-order valence-electron chi connectivity index (χ4n) is 3.31. The summed E-state index contributed by atoms with van der Waals surface area (Å²) in [4.78, 5) is 25.6. The van der Waals surface area contributed by atoms with Gasteiger partial charge in [-0.05, 0) is 18.6 Å². The number of anilines is 1. The molecule has 0 spiro atoms. The molecule has 0 radical (unpaired) electrons. The van der Waals surface area contributed by atoms with E-state index in [9.17, 15) is 23.3 Å². The third-order valence-corrected chi connectivity index (χ3v) is 6.48. The second kappa shape index (κ2) is 8.07. The summed E-state index contributed by atoms with van der Waals surface area (Å²) in [6.45, 7) is 2.09. The van der Waals surface area contributed by atoms with Crippen molar-refractivity contribution in [2.75, 3.05) is 29.9 Å². The molecule has 1 heterocycles. The minimum Gasteiger partial charge on any atom is -0.324 e. The number of hydrogen-bond donors (Lipinski definition) is 1. The molecule has 28 heavy (non-hydrogen) atoms. The normalized spacial score (nSPS) is 17.6. The van der Waals surface area contributed by atoms with Crippen LogP contribution in [0.3, 0.4) is 0 Å². The van der Waals surface area contributed by atoms with E-state index in [1.54, 1.807) is 13.0 Å². The lowest BCUT2D eigenvalue weighted by atomic mass is 10.0. The first-order valence-corrected chi connectivity index (χ1v) is 10.6. The van der Waals surface area contributed by atoms with E-state index < -0.39 is 20.8 Å². The van der Waals surface area contributed by atoms with Crippen molar-refractivity contribution < 1.29 is 18.1 Å². The molecule has 1 fully saturated rings. The van der Waals surface area contributed by atoms with E-state index in [1.165, 1.54) is 12.1 Å². The highest BCUT2D eigenvalue weighted by Crippen LogP contribution is 2.28. The van der Waals surface area contributed by atoms with Gasteiger partial charge in [0.1, 0.15) is 6.04 Å². The Bertz CT molecular complexity index is 978. The molecular formula is C19H21N3O5S.